The van der Waals surface area contributed by atoms with Gasteiger partial charge < -0.3 is 0 Å². The van der Waals surface area contributed by atoms with E-state index in [1.807, 2.05) is 0 Å². The number of hydrogen-bond donors (Lipinski definition) is 0. The van der Waals surface area contributed by atoms with Crippen molar-refractivity contribution in [2.24, 2.45) is 0 Å². The molecule has 0 nitrogen and oxygen atoms in total. The summed E-state index contributed by atoms with van der Waals surface area (Å²) < 4.78 is 0. The quantitative estimate of drug-likeness (QED) is 0.114. The third kappa shape index (κ3) is 9.38. The average molecular weight is 1020 g/mol. The summed E-state index contributed by atoms with van der Waals surface area (Å²) in [6.07, 6.45) is 0. The van der Waals surface area contributed by atoms with E-state index in [1.165, 1.54) is 89.0 Å². The SMILES string of the molecule is Cc1ccc(-c2c(-c3ccccc3)c(-c3ccccc3)c(-c3cccc(-c4c(-c5ccccc5)c(-c5ccccc5)c(-c5ccc(C)cc5)c(-c5ccccc5)c4-c4ccccc4)c3)c(-c3ccccc3)c2-c2ccccc2)cc1. The molecule has 13 aromatic carbocycles. The van der Waals surface area contributed by atoms with Crippen molar-refractivity contribution in [3.05, 3.63) is 327 Å². The van der Waals surface area contributed by atoms with Gasteiger partial charge in [0.1, 0.15) is 0 Å². The fourth-order valence-corrected chi connectivity index (χ4v) is 12.1. The highest BCUT2D eigenvalue weighted by Gasteiger charge is 2.32. The predicted octanol–water partition coefficient (Wildman–Crippen LogP) is 22.3. The zero-order valence-electron chi connectivity index (χ0n) is 45.0. The van der Waals surface area contributed by atoms with Gasteiger partial charge in [-0.15, -0.1) is 0 Å². The number of rotatable bonds is 12. The van der Waals surface area contributed by atoms with Crippen LogP contribution in [0.25, 0.3) is 134 Å². The molecule has 13 aromatic rings. The topological polar surface area (TPSA) is 0 Å². The highest BCUT2D eigenvalue weighted by molar-refractivity contribution is 6.18. The highest BCUT2D eigenvalue weighted by atomic mass is 14.3. The minimum atomic E-state index is 1.12. The molecule has 0 aliphatic rings. The van der Waals surface area contributed by atoms with Crippen molar-refractivity contribution in [1.29, 1.82) is 0 Å². The van der Waals surface area contributed by atoms with E-state index in [0.717, 1.165) is 55.6 Å². The fourth-order valence-electron chi connectivity index (χ4n) is 12.1. The van der Waals surface area contributed by atoms with Crippen LogP contribution in [0.2, 0.25) is 0 Å². The van der Waals surface area contributed by atoms with Crippen LogP contribution in [0, 0.1) is 13.8 Å². The van der Waals surface area contributed by atoms with Gasteiger partial charge in [0, 0.05) is 0 Å². The van der Waals surface area contributed by atoms with Crippen LogP contribution < -0.4 is 0 Å². The Morgan fingerprint density at radius 3 is 0.438 bits per heavy atom. The van der Waals surface area contributed by atoms with Gasteiger partial charge in [0.25, 0.3) is 0 Å². The molecular formula is C80H58. The largest absolute Gasteiger partial charge is 0.0622 e. The van der Waals surface area contributed by atoms with E-state index in [1.54, 1.807) is 0 Å². The second-order valence-electron chi connectivity index (χ2n) is 20.7. The smallest absolute Gasteiger partial charge is 0.00137 e. The summed E-state index contributed by atoms with van der Waals surface area (Å²) in [4.78, 5) is 0. The summed E-state index contributed by atoms with van der Waals surface area (Å²) >= 11 is 0. The summed E-state index contributed by atoms with van der Waals surface area (Å²) in [6.45, 7) is 4.35. The van der Waals surface area contributed by atoms with Crippen molar-refractivity contribution >= 4 is 0 Å². The molecule has 0 aromatic heterocycles. The number of benzene rings is 13. The molecule has 0 radical (unpaired) electrons. The zero-order valence-corrected chi connectivity index (χ0v) is 45.0. The molecule has 0 amide bonds. The lowest BCUT2D eigenvalue weighted by Crippen LogP contribution is -2.03. The van der Waals surface area contributed by atoms with E-state index in [-0.39, 0.29) is 0 Å². The normalized spacial score (nSPS) is 11.1. The van der Waals surface area contributed by atoms with Gasteiger partial charge in [-0.05, 0) is 153 Å². The molecule has 0 fully saturated rings. The summed E-state index contributed by atoms with van der Waals surface area (Å²) in [5.74, 6) is 0. The predicted molar refractivity (Wildman–Crippen MR) is 341 cm³/mol. The van der Waals surface area contributed by atoms with Crippen molar-refractivity contribution in [2.45, 2.75) is 13.8 Å². The molecule has 0 bridgehead atoms. The lowest BCUT2D eigenvalue weighted by atomic mass is 9.72. The second kappa shape index (κ2) is 22.1. The molecule has 0 aliphatic carbocycles. The maximum atomic E-state index is 2.51. The van der Waals surface area contributed by atoms with Crippen molar-refractivity contribution in [3.8, 4) is 134 Å². The van der Waals surface area contributed by atoms with Crippen LogP contribution in [0.5, 0.6) is 0 Å². The number of hydrogen-bond acceptors (Lipinski definition) is 0. The van der Waals surface area contributed by atoms with Gasteiger partial charge in [0.2, 0.25) is 0 Å². The summed E-state index contributed by atoms with van der Waals surface area (Å²) in [5.41, 5.74) is 30.4. The van der Waals surface area contributed by atoms with Gasteiger partial charge in [-0.25, -0.2) is 0 Å². The van der Waals surface area contributed by atoms with E-state index in [4.69, 9.17) is 0 Å². The van der Waals surface area contributed by atoms with Crippen LogP contribution in [0.1, 0.15) is 11.1 Å². The molecule has 378 valence electrons. The van der Waals surface area contributed by atoms with Crippen LogP contribution in [-0.4, -0.2) is 0 Å². The minimum Gasteiger partial charge on any atom is -0.0622 e. The first kappa shape index (κ1) is 49.4. The van der Waals surface area contributed by atoms with E-state index >= 15 is 0 Å². The van der Waals surface area contributed by atoms with Gasteiger partial charge >= 0.3 is 0 Å². The number of aryl methyl sites for hydroxylation is 2. The van der Waals surface area contributed by atoms with Crippen molar-refractivity contribution in [1.82, 2.24) is 0 Å². The third-order valence-electron chi connectivity index (χ3n) is 15.6. The van der Waals surface area contributed by atoms with Crippen LogP contribution in [0.4, 0.5) is 0 Å². The van der Waals surface area contributed by atoms with Gasteiger partial charge in [-0.1, -0.05) is 321 Å². The molecule has 80 heavy (non-hydrogen) atoms. The molecule has 0 aliphatic heterocycles. The lowest BCUT2D eigenvalue weighted by molar-refractivity contribution is 1.46. The Hall–Kier alpha value is -10.1. The van der Waals surface area contributed by atoms with E-state index in [9.17, 15) is 0 Å². The Kier molecular flexibility index (Phi) is 13.6. The van der Waals surface area contributed by atoms with Crippen LogP contribution >= 0.6 is 0 Å². The molecule has 0 heteroatoms. The molecule has 0 heterocycles. The summed E-state index contributed by atoms with van der Waals surface area (Å²) in [5, 5.41) is 0. The zero-order chi connectivity index (χ0) is 53.8. The maximum Gasteiger partial charge on any atom is -0.00137 e. The first-order valence-corrected chi connectivity index (χ1v) is 27.7. The van der Waals surface area contributed by atoms with E-state index in [0.29, 0.717) is 0 Å². The molecule has 0 spiro atoms. The van der Waals surface area contributed by atoms with Crippen molar-refractivity contribution in [3.63, 3.8) is 0 Å². The van der Waals surface area contributed by atoms with Gasteiger partial charge in [0.05, 0.1) is 0 Å². The third-order valence-corrected chi connectivity index (χ3v) is 15.6. The lowest BCUT2D eigenvalue weighted by Gasteiger charge is -2.30. The van der Waals surface area contributed by atoms with E-state index < -0.39 is 0 Å². The van der Waals surface area contributed by atoms with Gasteiger partial charge in [0.15, 0.2) is 0 Å². The van der Waals surface area contributed by atoms with Crippen molar-refractivity contribution < 1.29 is 0 Å². The van der Waals surface area contributed by atoms with Crippen molar-refractivity contribution in [2.75, 3.05) is 0 Å². The average Bonchev–Trinajstić information content (AvgIpc) is 3.60. The first-order chi connectivity index (χ1) is 39.6. The van der Waals surface area contributed by atoms with Crippen LogP contribution in [0.15, 0.2) is 315 Å². The molecule has 0 atom stereocenters. The first-order valence-electron chi connectivity index (χ1n) is 27.7. The molecular weight excluding hydrogens is 961 g/mol. The highest BCUT2D eigenvalue weighted by Crippen LogP contribution is 2.59. The van der Waals surface area contributed by atoms with E-state index in [2.05, 4.69) is 329 Å². The second-order valence-corrected chi connectivity index (χ2v) is 20.7. The molecule has 0 saturated carbocycles. The van der Waals surface area contributed by atoms with Crippen LogP contribution in [-0.2, 0) is 0 Å². The Bertz CT molecular complexity index is 3760. The molecule has 0 unspecified atom stereocenters. The Morgan fingerprint density at radius 2 is 0.263 bits per heavy atom. The van der Waals surface area contributed by atoms with Crippen LogP contribution in [0.3, 0.4) is 0 Å². The standard InChI is InChI=1S/C80H58/c1-55-46-50-65(51-47-55)77-69(57-28-11-3-12-29-57)73(61-36-19-7-20-37-61)79(74(62-38-21-8-22-39-62)70(77)58-30-13-4-14-31-58)67-44-27-45-68(54-67)80-75(63-40-23-9-24-41-63)71(59-32-15-5-16-33-59)78(66-52-48-56(2)49-53-66)72(60-34-17-6-18-35-60)76(80)64-42-25-10-26-43-64/h3-54H,1-2H3. The molecule has 0 saturated heterocycles. The Morgan fingerprint density at radius 1 is 0.125 bits per heavy atom. The fraction of sp³-hybridized carbons (Fsp3) is 0.0250. The Balaban J connectivity index is 1.26. The van der Waals surface area contributed by atoms with Gasteiger partial charge in [-0.3, -0.25) is 0 Å². The minimum absolute atomic E-state index is 1.12. The summed E-state index contributed by atoms with van der Waals surface area (Å²) in [7, 11) is 0. The monoisotopic (exact) mass is 1020 g/mol. The summed E-state index contributed by atoms with van der Waals surface area (Å²) in [6, 6.07) is 117. The Labute approximate surface area is 471 Å². The maximum absolute atomic E-state index is 2.51. The van der Waals surface area contributed by atoms with Gasteiger partial charge in [-0.2, -0.15) is 0 Å². The molecule has 13 rings (SSSR count). The molecule has 0 N–H and O–H groups in total.